The van der Waals surface area contributed by atoms with Crippen LogP contribution in [0.15, 0.2) is 17.1 Å². The predicted molar refractivity (Wildman–Crippen MR) is 99.1 cm³/mol. The van der Waals surface area contributed by atoms with Crippen molar-refractivity contribution in [3.05, 3.63) is 34.4 Å². The van der Waals surface area contributed by atoms with Crippen LogP contribution >= 0.6 is 0 Å². The van der Waals surface area contributed by atoms with E-state index in [-0.39, 0.29) is 11.2 Å². The molecule has 0 aliphatic heterocycles. The number of nitrogens with two attached hydrogens (primary N) is 1. The number of rotatable bonds is 6. The van der Waals surface area contributed by atoms with Crippen molar-refractivity contribution in [3.63, 3.8) is 0 Å². The lowest BCUT2D eigenvalue weighted by Crippen LogP contribution is -2.34. The van der Waals surface area contributed by atoms with Crippen molar-refractivity contribution in [2.45, 2.75) is 20.4 Å². The van der Waals surface area contributed by atoms with Crippen LogP contribution in [0, 0.1) is 13.8 Å². The largest absolute Gasteiger partial charge is 0.383 e. The van der Waals surface area contributed by atoms with Crippen LogP contribution in [0.2, 0.25) is 0 Å². The van der Waals surface area contributed by atoms with Crippen LogP contribution in [0.3, 0.4) is 0 Å². The molecule has 26 heavy (non-hydrogen) atoms. The summed E-state index contributed by atoms with van der Waals surface area (Å²) in [5.74, 6) is 0. The molecule has 0 spiro atoms. The van der Waals surface area contributed by atoms with Gasteiger partial charge >= 0.3 is 6.03 Å². The molecule has 140 valence electrons. The summed E-state index contributed by atoms with van der Waals surface area (Å²) in [4.78, 5) is 33.9. The summed E-state index contributed by atoms with van der Waals surface area (Å²) in [6.07, 6.45) is 0.618. The molecule has 0 aliphatic carbocycles. The number of fused-ring (bicyclic) bond motifs is 1. The van der Waals surface area contributed by atoms with Crippen molar-refractivity contribution in [2.75, 3.05) is 33.9 Å². The Kier molecular flexibility index (Phi) is 6.59. The molecule has 0 bridgehead atoms. The number of carbonyl (C=O) groups is 2. The average molecular weight is 359 g/mol. The minimum Gasteiger partial charge on any atom is -0.383 e. The molecule has 0 fully saturated rings. The topological polar surface area (TPSA) is 103 Å². The van der Waals surface area contributed by atoms with Crippen molar-refractivity contribution in [3.8, 4) is 0 Å². The molecule has 0 saturated heterocycles. The first-order chi connectivity index (χ1) is 12.4. The summed E-state index contributed by atoms with van der Waals surface area (Å²) >= 11 is 0. The van der Waals surface area contributed by atoms with Gasteiger partial charge in [-0.05, 0) is 37.1 Å². The van der Waals surface area contributed by atoms with Gasteiger partial charge in [0.05, 0.1) is 17.6 Å². The molecule has 0 saturated carbocycles. The van der Waals surface area contributed by atoms with Crippen LogP contribution in [-0.4, -0.2) is 60.6 Å². The lowest BCUT2D eigenvalue weighted by molar-refractivity contribution is 0.111. The van der Waals surface area contributed by atoms with Crippen molar-refractivity contribution in [1.29, 1.82) is 0 Å². The third-order valence-electron chi connectivity index (χ3n) is 4.23. The van der Waals surface area contributed by atoms with E-state index in [0.717, 1.165) is 16.6 Å². The van der Waals surface area contributed by atoms with E-state index >= 15 is 0 Å². The van der Waals surface area contributed by atoms with E-state index in [9.17, 15) is 9.59 Å². The van der Waals surface area contributed by atoms with Crippen molar-refractivity contribution in [1.82, 2.24) is 14.5 Å². The third kappa shape index (κ3) is 4.14. The highest BCUT2D eigenvalue weighted by molar-refractivity contribution is 5.82. The van der Waals surface area contributed by atoms with E-state index in [1.54, 1.807) is 18.7 Å². The number of nitrogens with zero attached hydrogens (tertiary/aromatic N) is 4. The Labute approximate surface area is 152 Å². The van der Waals surface area contributed by atoms with E-state index in [4.69, 9.17) is 10.5 Å². The second-order valence-corrected chi connectivity index (χ2v) is 6.11. The Bertz CT molecular complexity index is 889. The molecule has 2 aromatic rings. The molecule has 1 aromatic heterocycles. The number of ether oxygens (including phenoxy) is 1. The van der Waals surface area contributed by atoms with Gasteiger partial charge in [0.1, 0.15) is 5.69 Å². The molecular weight excluding hydrogens is 334 g/mol. The predicted octanol–water partition coefficient (Wildman–Crippen LogP) is 1.02. The highest BCUT2D eigenvalue weighted by atomic mass is 16.5. The molecule has 2 N–H and O–H groups in total. The van der Waals surface area contributed by atoms with Gasteiger partial charge in [0.2, 0.25) is 0 Å². The van der Waals surface area contributed by atoms with Gasteiger partial charge < -0.3 is 19.9 Å². The van der Waals surface area contributed by atoms with Crippen LogP contribution in [0.25, 0.3) is 11.0 Å². The zero-order chi connectivity index (χ0) is 19.3. The molecule has 2 amide bonds. The minimum atomic E-state index is -0.477. The highest BCUT2D eigenvalue weighted by Gasteiger charge is 2.13. The molecule has 0 radical (unpaired) electrons. The Morgan fingerprint density at radius 3 is 2.69 bits per heavy atom. The van der Waals surface area contributed by atoms with E-state index in [1.165, 1.54) is 4.90 Å². The first kappa shape index (κ1) is 19.7. The lowest BCUT2D eigenvalue weighted by atomic mass is 10.1. The molecule has 2 rings (SSSR count). The third-order valence-corrected chi connectivity index (χ3v) is 4.23. The minimum absolute atomic E-state index is 0.117. The Balaban J connectivity index is 2.79. The molecule has 1 heterocycles. The Hall–Kier alpha value is -2.58. The van der Waals surface area contributed by atoms with Crippen LogP contribution < -0.4 is 11.2 Å². The highest BCUT2D eigenvalue weighted by Crippen LogP contribution is 2.17. The monoisotopic (exact) mass is 359 g/mol. The number of aromatic nitrogens is 2. The zero-order valence-electron chi connectivity index (χ0n) is 15.7. The number of carbonyl (C=O) groups excluding carboxylic acids is 2. The summed E-state index contributed by atoms with van der Waals surface area (Å²) in [7, 11) is 3.21. The molecular formula is C18H25N5O3. The van der Waals surface area contributed by atoms with Gasteiger partial charge in [-0.15, -0.1) is 0 Å². The van der Waals surface area contributed by atoms with Crippen LogP contribution in [0.4, 0.5) is 4.79 Å². The van der Waals surface area contributed by atoms with Crippen LogP contribution in [-0.2, 0) is 11.3 Å². The lowest BCUT2D eigenvalue weighted by Gasteiger charge is -2.16. The van der Waals surface area contributed by atoms with Crippen molar-refractivity contribution >= 4 is 23.4 Å². The summed E-state index contributed by atoms with van der Waals surface area (Å²) in [6, 6.07) is 3.43. The number of aryl methyl sites for hydroxylation is 2. The molecule has 0 atom stereocenters. The fourth-order valence-corrected chi connectivity index (χ4v) is 2.59. The quantitative estimate of drug-likeness (QED) is 0.776. The summed E-state index contributed by atoms with van der Waals surface area (Å²) in [5, 5.41) is 0. The van der Waals surface area contributed by atoms with Gasteiger partial charge in [-0.25, -0.2) is 9.78 Å². The summed E-state index contributed by atoms with van der Waals surface area (Å²) in [5.41, 5.74) is 9.46. The van der Waals surface area contributed by atoms with E-state index in [2.05, 4.69) is 9.98 Å². The SMILES string of the molecule is COCCn1/c(=N/C(=O)N(C)CCN)c(C=O)nc2cc(C)c(C)cc21. The average Bonchev–Trinajstić information content (AvgIpc) is 2.62. The van der Waals surface area contributed by atoms with Crippen LogP contribution in [0.1, 0.15) is 21.6 Å². The standard InChI is InChI=1S/C18H25N5O3/c1-12-9-14-16(10-13(12)2)23(7-8-26-4)17(15(11-24)20-14)21-18(25)22(3)6-5-19/h9-11H,5-8,19H2,1-4H3/b21-17+. The summed E-state index contributed by atoms with van der Waals surface area (Å²) in [6.45, 7) is 5.53. The number of urea groups is 1. The van der Waals surface area contributed by atoms with Crippen LogP contribution in [0.5, 0.6) is 0 Å². The van der Waals surface area contributed by atoms with E-state index in [1.807, 2.05) is 26.0 Å². The second kappa shape index (κ2) is 8.68. The number of hydrogen-bond donors (Lipinski definition) is 1. The van der Waals surface area contributed by atoms with Gasteiger partial charge in [0.25, 0.3) is 0 Å². The molecule has 8 heteroatoms. The normalized spacial score (nSPS) is 11.8. The maximum atomic E-state index is 12.4. The Morgan fingerprint density at radius 2 is 2.08 bits per heavy atom. The second-order valence-electron chi connectivity index (χ2n) is 6.11. The van der Waals surface area contributed by atoms with E-state index in [0.29, 0.717) is 38.0 Å². The molecule has 1 aromatic carbocycles. The summed E-state index contributed by atoms with van der Waals surface area (Å²) < 4.78 is 6.99. The number of aldehydes is 1. The van der Waals surface area contributed by atoms with Gasteiger partial charge in [-0.1, -0.05) is 0 Å². The van der Waals surface area contributed by atoms with Crippen molar-refractivity contribution < 1.29 is 14.3 Å². The first-order valence-corrected chi connectivity index (χ1v) is 8.38. The van der Waals surface area contributed by atoms with E-state index < -0.39 is 6.03 Å². The maximum Gasteiger partial charge on any atom is 0.345 e. The maximum absolute atomic E-state index is 12.4. The zero-order valence-corrected chi connectivity index (χ0v) is 15.7. The number of amides is 2. The number of likely N-dealkylation sites (N-methyl/N-ethyl adjacent to an activating group) is 1. The van der Waals surface area contributed by atoms with Gasteiger partial charge in [-0.2, -0.15) is 4.99 Å². The molecule has 0 unspecified atom stereocenters. The molecule has 8 nitrogen and oxygen atoms in total. The molecule has 0 aliphatic rings. The van der Waals surface area contributed by atoms with Gasteiger partial charge in [-0.3, -0.25) is 4.79 Å². The fraction of sp³-hybridized carbons (Fsp3) is 0.444. The van der Waals surface area contributed by atoms with Crippen molar-refractivity contribution in [2.24, 2.45) is 10.7 Å². The Morgan fingerprint density at radius 1 is 1.38 bits per heavy atom. The number of benzene rings is 1. The smallest absolute Gasteiger partial charge is 0.345 e. The van der Waals surface area contributed by atoms with Gasteiger partial charge in [0.15, 0.2) is 11.8 Å². The first-order valence-electron chi connectivity index (χ1n) is 8.38. The van der Waals surface area contributed by atoms with Gasteiger partial charge in [0, 0.05) is 33.8 Å². The fourth-order valence-electron chi connectivity index (χ4n) is 2.59. The number of hydrogen-bond acceptors (Lipinski definition) is 5. The number of methoxy groups -OCH3 is 1.